The van der Waals surface area contributed by atoms with Crippen molar-refractivity contribution < 1.29 is 4.42 Å². The van der Waals surface area contributed by atoms with Crippen molar-refractivity contribution in [3.63, 3.8) is 0 Å². The molecule has 0 atom stereocenters. The maximum atomic E-state index is 6.62. The van der Waals surface area contributed by atoms with E-state index in [4.69, 9.17) is 14.4 Å². The lowest BCUT2D eigenvalue weighted by Crippen LogP contribution is -1.99. The van der Waals surface area contributed by atoms with Gasteiger partial charge in [-0.3, -0.25) is 0 Å². The second-order valence-electron chi connectivity index (χ2n) is 16.5. The van der Waals surface area contributed by atoms with Crippen LogP contribution in [-0.4, -0.2) is 19.1 Å². The van der Waals surface area contributed by atoms with Crippen molar-refractivity contribution in [2.75, 3.05) is 0 Å². The third kappa shape index (κ3) is 4.93. The van der Waals surface area contributed by atoms with Crippen LogP contribution in [0.1, 0.15) is 0 Å². The highest BCUT2D eigenvalue weighted by Crippen LogP contribution is 2.44. The molecule has 0 fully saturated rings. The van der Waals surface area contributed by atoms with Crippen LogP contribution in [0.3, 0.4) is 0 Å². The number of para-hydroxylation sites is 6. The molecule has 292 valence electrons. The van der Waals surface area contributed by atoms with Crippen LogP contribution in [0.15, 0.2) is 211 Å². The van der Waals surface area contributed by atoms with Gasteiger partial charge in [0.05, 0.1) is 44.5 Å². The van der Waals surface area contributed by atoms with Gasteiger partial charge in [-0.25, -0.2) is 9.97 Å². The first kappa shape index (κ1) is 34.2. The number of hydrogen-bond donors (Lipinski definition) is 0. The summed E-state index contributed by atoms with van der Waals surface area (Å²) in [6.45, 7) is 0. The third-order valence-corrected chi connectivity index (χ3v) is 13.1. The minimum atomic E-state index is 0.787. The van der Waals surface area contributed by atoms with E-state index in [9.17, 15) is 0 Å². The number of nitrogens with zero attached hydrogens (tertiary/aromatic N) is 4. The zero-order valence-electron chi connectivity index (χ0n) is 33.8. The summed E-state index contributed by atoms with van der Waals surface area (Å²) in [5, 5.41) is 11.7. The molecule has 63 heavy (non-hydrogen) atoms. The molecular formula is C58H34N4O. The van der Waals surface area contributed by atoms with Gasteiger partial charge in [0.25, 0.3) is 0 Å². The van der Waals surface area contributed by atoms with Gasteiger partial charge in [-0.1, -0.05) is 140 Å². The van der Waals surface area contributed by atoms with E-state index >= 15 is 0 Å². The van der Waals surface area contributed by atoms with Crippen molar-refractivity contribution in [1.29, 1.82) is 0 Å². The molecule has 14 aromatic rings. The molecule has 0 N–H and O–H groups in total. The maximum absolute atomic E-state index is 6.62. The van der Waals surface area contributed by atoms with E-state index in [1.165, 1.54) is 43.4 Å². The summed E-state index contributed by atoms with van der Waals surface area (Å²) in [7, 11) is 0. The average molecular weight is 803 g/mol. The molecule has 0 saturated heterocycles. The van der Waals surface area contributed by atoms with Gasteiger partial charge in [-0.2, -0.15) is 0 Å². The number of benzene rings is 10. The van der Waals surface area contributed by atoms with E-state index in [2.05, 4.69) is 179 Å². The molecule has 10 aromatic carbocycles. The molecule has 14 rings (SSSR count). The summed E-state index contributed by atoms with van der Waals surface area (Å²) in [6.07, 6.45) is 0. The normalized spacial score (nSPS) is 12.1. The van der Waals surface area contributed by atoms with Crippen molar-refractivity contribution in [3.8, 4) is 33.9 Å². The van der Waals surface area contributed by atoms with E-state index < -0.39 is 0 Å². The number of rotatable bonds is 4. The summed E-state index contributed by atoms with van der Waals surface area (Å²) < 4.78 is 11.5. The Balaban J connectivity index is 1.06. The van der Waals surface area contributed by atoms with Crippen molar-refractivity contribution in [1.82, 2.24) is 19.1 Å². The molecular weight excluding hydrogens is 769 g/mol. The Bertz CT molecular complexity index is 4170. The number of hydrogen-bond acceptors (Lipinski definition) is 3. The molecule has 0 aliphatic rings. The smallest absolute Gasteiger partial charge is 0.144 e. The lowest BCUT2D eigenvalue weighted by atomic mass is 9.96. The largest absolute Gasteiger partial charge is 0.455 e. The fourth-order valence-corrected chi connectivity index (χ4v) is 10.3. The zero-order chi connectivity index (χ0) is 41.2. The highest BCUT2D eigenvalue weighted by Gasteiger charge is 2.23. The Morgan fingerprint density at radius 1 is 0.333 bits per heavy atom. The Hall–Kier alpha value is -8.54. The van der Waals surface area contributed by atoms with Crippen molar-refractivity contribution in [3.05, 3.63) is 206 Å². The Labute approximate surface area is 360 Å². The molecule has 0 saturated carbocycles. The van der Waals surface area contributed by atoms with Gasteiger partial charge in [0.2, 0.25) is 0 Å². The molecule has 4 heterocycles. The topological polar surface area (TPSA) is 48.8 Å². The van der Waals surface area contributed by atoms with Crippen LogP contribution in [0.2, 0.25) is 0 Å². The molecule has 0 amide bonds. The minimum Gasteiger partial charge on any atom is -0.455 e. The first-order chi connectivity index (χ1) is 31.2. The van der Waals surface area contributed by atoms with Crippen LogP contribution in [-0.2, 0) is 0 Å². The summed E-state index contributed by atoms with van der Waals surface area (Å²) >= 11 is 0. The lowest BCUT2D eigenvalue weighted by molar-refractivity contribution is 0.670. The average Bonchev–Trinajstić information content (AvgIpc) is 4.00. The summed E-state index contributed by atoms with van der Waals surface area (Å²) in [6, 6.07) is 73.8. The van der Waals surface area contributed by atoms with E-state index in [0.29, 0.717) is 0 Å². The Morgan fingerprint density at radius 2 is 0.889 bits per heavy atom. The molecule has 0 aliphatic heterocycles. The Morgan fingerprint density at radius 3 is 1.67 bits per heavy atom. The quantitative estimate of drug-likeness (QED) is 0.178. The van der Waals surface area contributed by atoms with E-state index in [1.54, 1.807) is 0 Å². The molecule has 5 nitrogen and oxygen atoms in total. The fraction of sp³-hybridized carbons (Fsp3) is 0. The maximum Gasteiger partial charge on any atom is 0.144 e. The van der Waals surface area contributed by atoms with Gasteiger partial charge in [0.15, 0.2) is 0 Å². The minimum absolute atomic E-state index is 0.787. The number of aromatic nitrogens is 4. The van der Waals surface area contributed by atoms with E-state index in [0.717, 1.165) is 88.7 Å². The molecule has 0 spiro atoms. The van der Waals surface area contributed by atoms with E-state index in [1.807, 2.05) is 36.4 Å². The molecule has 0 unspecified atom stereocenters. The van der Waals surface area contributed by atoms with Crippen LogP contribution in [0.4, 0.5) is 0 Å². The van der Waals surface area contributed by atoms with Gasteiger partial charge >= 0.3 is 0 Å². The summed E-state index contributed by atoms with van der Waals surface area (Å²) in [5.74, 6) is 0. The van der Waals surface area contributed by atoms with Gasteiger partial charge in [0.1, 0.15) is 16.9 Å². The van der Waals surface area contributed by atoms with E-state index in [-0.39, 0.29) is 0 Å². The molecule has 0 radical (unpaired) electrons. The lowest BCUT2D eigenvalue weighted by Gasteiger charge is -2.16. The first-order valence-electron chi connectivity index (χ1n) is 21.4. The van der Waals surface area contributed by atoms with Crippen molar-refractivity contribution in [2.24, 2.45) is 0 Å². The number of fused-ring (bicyclic) bond motifs is 12. The third-order valence-electron chi connectivity index (χ3n) is 13.1. The van der Waals surface area contributed by atoms with Crippen LogP contribution in [0.25, 0.3) is 132 Å². The van der Waals surface area contributed by atoms with Gasteiger partial charge in [0, 0.05) is 54.5 Å². The van der Waals surface area contributed by atoms with Gasteiger partial charge < -0.3 is 13.6 Å². The van der Waals surface area contributed by atoms with Crippen LogP contribution in [0.5, 0.6) is 0 Å². The monoisotopic (exact) mass is 802 g/mol. The van der Waals surface area contributed by atoms with Crippen molar-refractivity contribution >= 4 is 98.1 Å². The number of furan rings is 1. The predicted octanol–water partition coefficient (Wildman–Crippen LogP) is 15.4. The van der Waals surface area contributed by atoms with Crippen LogP contribution >= 0.6 is 0 Å². The van der Waals surface area contributed by atoms with Crippen molar-refractivity contribution in [2.45, 2.75) is 0 Å². The van der Waals surface area contributed by atoms with Gasteiger partial charge in [-0.05, 0) is 82.9 Å². The Kier molecular flexibility index (Phi) is 7.05. The standard InChI is InChI=1S/C58H34N4O/c1-2-15-36-33-53-47(32-35(36)14-1)42-31-30-37(61-50-26-8-3-16-40(50)41-17-4-9-27-51(41)61)34-54(42)62(53)52-28-13-19-38-39(52)20-11-21-44(38)56-57(60-49-25-7-6-24-48(49)59-56)46-23-12-22-45-43-18-5-10-29-55(43)63-58(45)46/h1-34H. The highest BCUT2D eigenvalue weighted by molar-refractivity contribution is 6.17. The molecule has 5 heteroatoms. The second-order valence-corrected chi connectivity index (χ2v) is 16.5. The highest BCUT2D eigenvalue weighted by atomic mass is 16.3. The predicted molar refractivity (Wildman–Crippen MR) is 261 cm³/mol. The first-order valence-corrected chi connectivity index (χ1v) is 21.4. The molecule has 4 aromatic heterocycles. The SMILES string of the molecule is c1ccc2cc3c(cc2c1)c1ccc(-n2c4ccccc4c4ccccc42)cc1n3-c1cccc2c(-c3nc4ccccc4nc3-c3cccc4c3oc3ccccc34)cccc12. The summed E-state index contributed by atoms with van der Waals surface area (Å²) in [4.78, 5) is 10.8. The second kappa shape index (κ2) is 13.0. The molecule has 0 bridgehead atoms. The summed E-state index contributed by atoms with van der Waals surface area (Å²) in [5.41, 5.74) is 13.7. The van der Waals surface area contributed by atoms with Crippen LogP contribution < -0.4 is 0 Å². The van der Waals surface area contributed by atoms with Gasteiger partial charge in [-0.15, -0.1) is 0 Å². The fourth-order valence-electron chi connectivity index (χ4n) is 10.3. The zero-order valence-corrected chi connectivity index (χ0v) is 33.8. The van der Waals surface area contributed by atoms with Crippen LogP contribution in [0, 0.1) is 0 Å². The molecule has 0 aliphatic carbocycles.